The van der Waals surface area contributed by atoms with Crippen molar-refractivity contribution in [2.24, 2.45) is 0 Å². The number of halogens is 1. The van der Waals surface area contributed by atoms with Gasteiger partial charge in [0.2, 0.25) is 0 Å². The van der Waals surface area contributed by atoms with Gasteiger partial charge in [-0.1, -0.05) is 11.6 Å². The second kappa shape index (κ2) is 3.78. The predicted molar refractivity (Wildman–Crippen MR) is 63.8 cm³/mol. The quantitative estimate of drug-likeness (QED) is 0.659. The molecule has 0 aromatic carbocycles. The lowest BCUT2D eigenvalue weighted by molar-refractivity contribution is 0.941. The van der Waals surface area contributed by atoms with Gasteiger partial charge in [-0.15, -0.1) is 0 Å². The van der Waals surface area contributed by atoms with E-state index < -0.39 is 0 Å². The van der Waals surface area contributed by atoms with Crippen LogP contribution >= 0.6 is 11.6 Å². The Hall–Kier alpha value is -2.01. The van der Waals surface area contributed by atoms with E-state index in [2.05, 4.69) is 20.1 Å². The minimum absolute atomic E-state index is 0.529. The molecule has 0 aliphatic rings. The lowest BCUT2D eigenvalue weighted by Gasteiger charge is -2.05. The molecule has 0 saturated heterocycles. The highest BCUT2D eigenvalue weighted by Crippen LogP contribution is 2.25. The van der Waals surface area contributed by atoms with Crippen LogP contribution in [0.1, 0.15) is 5.56 Å². The average Bonchev–Trinajstić information content (AvgIpc) is 2.77. The molecule has 0 aliphatic heterocycles. The normalized spacial score (nSPS) is 10.9. The first-order chi connectivity index (χ1) is 8.25. The summed E-state index contributed by atoms with van der Waals surface area (Å²) in [5.41, 5.74) is 2.47. The summed E-state index contributed by atoms with van der Waals surface area (Å²) in [7, 11) is 0. The number of hydrogen-bond donors (Lipinski definition) is 0. The summed E-state index contributed by atoms with van der Waals surface area (Å²) in [6.45, 7) is 1.94. The van der Waals surface area contributed by atoms with Gasteiger partial charge in [0.1, 0.15) is 12.0 Å². The maximum atomic E-state index is 6.19. The average molecular weight is 246 g/mol. The predicted octanol–water partition coefficient (Wildman–Crippen LogP) is 2.15. The van der Waals surface area contributed by atoms with Crippen molar-refractivity contribution in [3.05, 3.63) is 41.4 Å². The molecule has 0 unspecified atom stereocenters. The second-order valence-electron chi connectivity index (χ2n) is 3.65. The van der Waals surface area contributed by atoms with Gasteiger partial charge in [0.05, 0.1) is 10.7 Å². The number of hydrogen-bond acceptors (Lipinski definition) is 4. The molecule has 3 rings (SSSR count). The zero-order chi connectivity index (χ0) is 11.8. The van der Waals surface area contributed by atoms with Crippen molar-refractivity contribution in [3.63, 3.8) is 0 Å². The van der Waals surface area contributed by atoms with Crippen LogP contribution in [0.15, 0.2) is 30.9 Å². The van der Waals surface area contributed by atoms with Crippen molar-refractivity contribution in [2.75, 3.05) is 0 Å². The molecule has 0 radical (unpaired) electrons. The maximum absolute atomic E-state index is 6.19. The van der Waals surface area contributed by atoms with E-state index in [0.29, 0.717) is 16.5 Å². The van der Waals surface area contributed by atoms with E-state index in [4.69, 9.17) is 11.6 Å². The van der Waals surface area contributed by atoms with Gasteiger partial charge in [0.25, 0.3) is 5.78 Å². The lowest BCUT2D eigenvalue weighted by Crippen LogP contribution is -1.98. The maximum Gasteiger partial charge on any atom is 0.252 e. The fourth-order valence-corrected chi connectivity index (χ4v) is 1.96. The van der Waals surface area contributed by atoms with Crippen molar-refractivity contribution < 1.29 is 0 Å². The largest absolute Gasteiger partial charge is 0.253 e. The Morgan fingerprint density at radius 1 is 1.24 bits per heavy atom. The Bertz CT molecular complexity index is 691. The van der Waals surface area contributed by atoms with Crippen LogP contribution in [0.3, 0.4) is 0 Å². The van der Waals surface area contributed by atoms with Gasteiger partial charge in [-0.2, -0.15) is 14.6 Å². The topological polar surface area (TPSA) is 56.0 Å². The Kier molecular flexibility index (Phi) is 2.26. The molecular weight excluding hydrogens is 238 g/mol. The van der Waals surface area contributed by atoms with Crippen LogP contribution in [0.25, 0.3) is 17.2 Å². The smallest absolute Gasteiger partial charge is 0.252 e. The summed E-state index contributed by atoms with van der Waals surface area (Å²) < 4.78 is 1.61. The van der Waals surface area contributed by atoms with Crippen molar-refractivity contribution in [1.29, 1.82) is 0 Å². The number of rotatable bonds is 1. The van der Waals surface area contributed by atoms with Gasteiger partial charge in [0, 0.05) is 12.4 Å². The first-order valence-electron chi connectivity index (χ1n) is 5.03. The Morgan fingerprint density at radius 3 is 2.94 bits per heavy atom. The molecule has 17 heavy (non-hydrogen) atoms. The van der Waals surface area contributed by atoms with E-state index >= 15 is 0 Å². The van der Waals surface area contributed by atoms with Crippen molar-refractivity contribution in [3.8, 4) is 11.4 Å². The molecule has 3 heterocycles. The molecule has 5 nitrogen and oxygen atoms in total. The summed E-state index contributed by atoms with van der Waals surface area (Å²) in [5.74, 6) is 0.529. The van der Waals surface area contributed by atoms with Crippen LogP contribution in [0, 0.1) is 6.92 Å². The van der Waals surface area contributed by atoms with Crippen LogP contribution < -0.4 is 0 Å². The molecule has 0 amide bonds. The minimum Gasteiger partial charge on any atom is -0.253 e. The van der Waals surface area contributed by atoms with Crippen LogP contribution in [-0.4, -0.2) is 24.6 Å². The molecule has 0 bridgehead atoms. The zero-order valence-electron chi connectivity index (χ0n) is 9.00. The third-order valence-corrected chi connectivity index (χ3v) is 2.69. The lowest BCUT2D eigenvalue weighted by atomic mass is 10.2. The number of fused-ring (bicyclic) bond motifs is 1. The fourth-order valence-electron chi connectivity index (χ4n) is 1.64. The number of aromatic nitrogens is 5. The van der Waals surface area contributed by atoms with Crippen molar-refractivity contribution >= 4 is 17.4 Å². The van der Waals surface area contributed by atoms with E-state index in [1.807, 2.05) is 19.1 Å². The Balaban J connectivity index is 2.30. The summed E-state index contributed by atoms with van der Waals surface area (Å²) in [5, 5.41) is 4.69. The standard InChI is InChI=1S/C11H8ClN5/c1-7-4-8(12)10(14-5-7)9-2-3-13-11-15-6-16-17(9)11/h2-6H,1H3. The van der Waals surface area contributed by atoms with Gasteiger partial charge >= 0.3 is 0 Å². The molecule has 0 aliphatic carbocycles. The zero-order valence-corrected chi connectivity index (χ0v) is 9.76. The highest BCUT2D eigenvalue weighted by Gasteiger charge is 2.10. The van der Waals surface area contributed by atoms with Crippen molar-refractivity contribution in [2.45, 2.75) is 6.92 Å². The first kappa shape index (κ1) is 10.2. The minimum atomic E-state index is 0.529. The number of aryl methyl sites for hydroxylation is 1. The third-order valence-electron chi connectivity index (χ3n) is 2.40. The molecule has 0 atom stereocenters. The molecule has 6 heteroatoms. The van der Waals surface area contributed by atoms with Crippen LogP contribution in [0.5, 0.6) is 0 Å². The number of nitrogens with zero attached hydrogens (tertiary/aromatic N) is 5. The van der Waals surface area contributed by atoms with E-state index in [1.165, 1.54) is 6.33 Å². The highest BCUT2D eigenvalue weighted by molar-refractivity contribution is 6.33. The summed E-state index contributed by atoms with van der Waals surface area (Å²) in [6, 6.07) is 3.68. The fraction of sp³-hybridized carbons (Fsp3) is 0.0909. The monoisotopic (exact) mass is 245 g/mol. The van der Waals surface area contributed by atoms with E-state index in [0.717, 1.165) is 11.3 Å². The van der Waals surface area contributed by atoms with Crippen LogP contribution in [-0.2, 0) is 0 Å². The van der Waals surface area contributed by atoms with Crippen LogP contribution in [0.4, 0.5) is 0 Å². The summed E-state index contributed by atoms with van der Waals surface area (Å²) in [4.78, 5) is 12.4. The molecule has 0 saturated carbocycles. The second-order valence-corrected chi connectivity index (χ2v) is 4.05. The SMILES string of the molecule is Cc1cnc(-c2ccnc3ncnn23)c(Cl)c1. The molecular formula is C11H8ClN5. The molecule has 84 valence electrons. The molecule has 3 aromatic heterocycles. The van der Waals surface area contributed by atoms with Gasteiger partial charge in [-0.05, 0) is 24.6 Å². The molecule has 3 aromatic rings. The van der Waals surface area contributed by atoms with E-state index in [-0.39, 0.29) is 0 Å². The first-order valence-corrected chi connectivity index (χ1v) is 5.41. The van der Waals surface area contributed by atoms with Gasteiger partial charge < -0.3 is 0 Å². The van der Waals surface area contributed by atoms with E-state index in [9.17, 15) is 0 Å². The Morgan fingerprint density at radius 2 is 2.12 bits per heavy atom. The van der Waals surface area contributed by atoms with Gasteiger partial charge in [0.15, 0.2) is 0 Å². The highest BCUT2D eigenvalue weighted by atomic mass is 35.5. The van der Waals surface area contributed by atoms with Crippen LogP contribution in [0.2, 0.25) is 5.02 Å². The summed E-state index contributed by atoms with van der Waals surface area (Å²) in [6.07, 6.45) is 4.88. The molecule has 0 N–H and O–H groups in total. The number of pyridine rings is 1. The van der Waals surface area contributed by atoms with E-state index in [1.54, 1.807) is 16.9 Å². The van der Waals surface area contributed by atoms with Crippen molar-refractivity contribution in [1.82, 2.24) is 24.6 Å². The molecule has 0 fully saturated rings. The Labute approximate surface area is 102 Å². The van der Waals surface area contributed by atoms with Gasteiger partial charge in [-0.3, -0.25) is 4.98 Å². The third kappa shape index (κ3) is 1.64. The summed E-state index contributed by atoms with van der Waals surface area (Å²) >= 11 is 6.19. The van der Waals surface area contributed by atoms with Gasteiger partial charge in [-0.25, -0.2) is 4.98 Å². The molecule has 0 spiro atoms.